The van der Waals surface area contributed by atoms with Crippen molar-refractivity contribution in [3.05, 3.63) is 59.1 Å². The van der Waals surface area contributed by atoms with Crippen molar-refractivity contribution in [3.8, 4) is 6.01 Å². The number of hydrogen-bond acceptors (Lipinski definition) is 4. The Morgan fingerprint density at radius 1 is 1.16 bits per heavy atom. The number of carbonyl (C=O) groups is 1. The fourth-order valence-electron chi connectivity index (χ4n) is 4.00. The van der Waals surface area contributed by atoms with Crippen LogP contribution in [-0.2, 0) is 11.3 Å². The topological polar surface area (TPSA) is 56.6 Å². The fourth-order valence-corrected chi connectivity index (χ4v) is 4.19. The van der Waals surface area contributed by atoms with Crippen LogP contribution in [0.2, 0.25) is 5.02 Å². The van der Waals surface area contributed by atoms with E-state index in [-0.39, 0.29) is 12.0 Å². The SMILES string of the molecule is CC(C)(C)OC(=O)N1CCCC(COc2nc3ccccc3n2Cc2ccccc2Cl)C1. The van der Waals surface area contributed by atoms with Crippen molar-refractivity contribution in [1.29, 1.82) is 0 Å². The molecular weight excluding hydrogens is 426 g/mol. The Hall–Kier alpha value is -2.73. The van der Waals surface area contributed by atoms with Crippen LogP contribution in [0.3, 0.4) is 0 Å². The van der Waals surface area contributed by atoms with Gasteiger partial charge in [-0.15, -0.1) is 0 Å². The van der Waals surface area contributed by atoms with Gasteiger partial charge in [0.2, 0.25) is 0 Å². The van der Waals surface area contributed by atoms with E-state index in [1.54, 1.807) is 4.90 Å². The molecular formula is C25H30ClN3O3. The predicted molar refractivity (Wildman–Crippen MR) is 126 cm³/mol. The van der Waals surface area contributed by atoms with Crippen LogP contribution in [0.4, 0.5) is 4.79 Å². The molecule has 170 valence electrons. The Bertz CT molecular complexity index is 1090. The highest BCUT2D eigenvalue weighted by Gasteiger charge is 2.28. The molecule has 0 N–H and O–H groups in total. The summed E-state index contributed by atoms with van der Waals surface area (Å²) < 4.78 is 13.8. The molecule has 7 heteroatoms. The van der Waals surface area contributed by atoms with Crippen LogP contribution in [0.1, 0.15) is 39.2 Å². The lowest BCUT2D eigenvalue weighted by atomic mass is 9.99. The molecule has 1 aliphatic heterocycles. The van der Waals surface area contributed by atoms with Crippen molar-refractivity contribution in [2.24, 2.45) is 5.92 Å². The van der Waals surface area contributed by atoms with E-state index in [9.17, 15) is 4.79 Å². The normalized spacial score (nSPS) is 16.9. The van der Waals surface area contributed by atoms with E-state index in [4.69, 9.17) is 26.1 Å². The quantitative estimate of drug-likeness (QED) is 0.490. The Morgan fingerprint density at radius 2 is 1.91 bits per heavy atom. The molecule has 3 aromatic rings. The summed E-state index contributed by atoms with van der Waals surface area (Å²) in [4.78, 5) is 19.0. The molecule has 1 aromatic heterocycles. The predicted octanol–water partition coefficient (Wildman–Crippen LogP) is 5.76. The molecule has 1 fully saturated rings. The summed E-state index contributed by atoms with van der Waals surface area (Å²) in [6.45, 7) is 8.07. The summed E-state index contributed by atoms with van der Waals surface area (Å²) in [6, 6.07) is 16.4. The van der Waals surface area contributed by atoms with Gasteiger partial charge < -0.3 is 14.4 Å². The first-order chi connectivity index (χ1) is 15.3. The fraction of sp³-hybridized carbons (Fsp3) is 0.440. The largest absolute Gasteiger partial charge is 0.464 e. The molecule has 1 unspecified atom stereocenters. The summed E-state index contributed by atoms with van der Waals surface area (Å²) in [5.74, 6) is 0.227. The third-order valence-corrected chi connectivity index (χ3v) is 5.89. The number of aromatic nitrogens is 2. The molecule has 1 atom stereocenters. The van der Waals surface area contributed by atoms with Gasteiger partial charge in [0.1, 0.15) is 5.60 Å². The Labute approximate surface area is 194 Å². The van der Waals surface area contributed by atoms with Crippen LogP contribution in [0.15, 0.2) is 48.5 Å². The molecule has 32 heavy (non-hydrogen) atoms. The average molecular weight is 456 g/mol. The molecule has 1 aliphatic rings. The summed E-state index contributed by atoms with van der Waals surface area (Å²) in [7, 11) is 0. The number of fused-ring (bicyclic) bond motifs is 1. The summed E-state index contributed by atoms with van der Waals surface area (Å²) in [5, 5.41) is 0.719. The van der Waals surface area contributed by atoms with E-state index in [1.165, 1.54) is 0 Å². The molecule has 2 aromatic carbocycles. The summed E-state index contributed by atoms with van der Waals surface area (Å²) in [6.07, 6.45) is 1.68. The van der Waals surface area contributed by atoms with Gasteiger partial charge in [-0.25, -0.2) is 4.79 Å². The second-order valence-electron chi connectivity index (χ2n) is 9.31. The van der Waals surface area contributed by atoms with Crippen molar-refractivity contribution in [3.63, 3.8) is 0 Å². The highest BCUT2D eigenvalue weighted by atomic mass is 35.5. The summed E-state index contributed by atoms with van der Waals surface area (Å²) in [5.41, 5.74) is 2.40. The molecule has 1 amide bonds. The Morgan fingerprint density at radius 3 is 2.69 bits per heavy atom. The van der Waals surface area contributed by atoms with Crippen LogP contribution in [0.5, 0.6) is 6.01 Å². The summed E-state index contributed by atoms with van der Waals surface area (Å²) >= 11 is 6.41. The zero-order valence-corrected chi connectivity index (χ0v) is 19.6. The lowest BCUT2D eigenvalue weighted by molar-refractivity contribution is 0.0136. The number of benzene rings is 2. The zero-order chi connectivity index (χ0) is 22.7. The maximum atomic E-state index is 12.5. The van der Waals surface area contributed by atoms with Crippen LogP contribution < -0.4 is 4.74 Å². The lowest BCUT2D eigenvalue weighted by Gasteiger charge is -2.33. The van der Waals surface area contributed by atoms with Gasteiger partial charge in [0, 0.05) is 24.0 Å². The monoisotopic (exact) mass is 455 g/mol. The van der Waals surface area contributed by atoms with E-state index < -0.39 is 5.60 Å². The number of piperidine rings is 1. The minimum Gasteiger partial charge on any atom is -0.464 e. The molecule has 0 radical (unpaired) electrons. The average Bonchev–Trinajstić information content (AvgIpc) is 3.10. The second-order valence-corrected chi connectivity index (χ2v) is 9.71. The number of hydrogen-bond donors (Lipinski definition) is 0. The molecule has 0 spiro atoms. The third kappa shape index (κ3) is 5.36. The van der Waals surface area contributed by atoms with E-state index in [0.717, 1.165) is 41.0 Å². The maximum Gasteiger partial charge on any atom is 0.410 e. The van der Waals surface area contributed by atoms with Crippen molar-refractivity contribution in [1.82, 2.24) is 14.5 Å². The van der Waals surface area contributed by atoms with Crippen molar-refractivity contribution < 1.29 is 14.3 Å². The molecule has 4 rings (SSSR count). The van der Waals surface area contributed by atoms with E-state index in [2.05, 4.69) is 4.57 Å². The highest BCUT2D eigenvalue weighted by molar-refractivity contribution is 6.31. The third-order valence-electron chi connectivity index (χ3n) is 5.52. The first kappa shape index (κ1) is 22.5. The van der Waals surface area contributed by atoms with Crippen LogP contribution in [-0.4, -0.2) is 45.8 Å². The minimum absolute atomic E-state index is 0.227. The molecule has 0 aliphatic carbocycles. The van der Waals surface area contributed by atoms with Gasteiger partial charge in [-0.05, 0) is 57.4 Å². The van der Waals surface area contributed by atoms with Crippen molar-refractivity contribution in [2.45, 2.75) is 45.8 Å². The zero-order valence-electron chi connectivity index (χ0n) is 18.9. The van der Waals surface area contributed by atoms with Gasteiger partial charge in [0.25, 0.3) is 6.01 Å². The first-order valence-electron chi connectivity index (χ1n) is 11.1. The number of ether oxygens (including phenoxy) is 2. The van der Waals surface area contributed by atoms with Crippen molar-refractivity contribution in [2.75, 3.05) is 19.7 Å². The molecule has 0 saturated carbocycles. The van der Waals surface area contributed by atoms with E-state index in [1.807, 2.05) is 69.3 Å². The number of rotatable bonds is 5. The van der Waals surface area contributed by atoms with Gasteiger partial charge in [-0.2, -0.15) is 4.98 Å². The molecule has 2 heterocycles. The Kier molecular flexibility index (Phi) is 6.60. The lowest BCUT2D eigenvalue weighted by Crippen LogP contribution is -2.44. The number of para-hydroxylation sites is 2. The minimum atomic E-state index is -0.496. The number of nitrogens with zero attached hydrogens (tertiary/aromatic N) is 3. The van der Waals surface area contributed by atoms with E-state index >= 15 is 0 Å². The van der Waals surface area contributed by atoms with Gasteiger partial charge in [0.15, 0.2) is 0 Å². The van der Waals surface area contributed by atoms with Crippen LogP contribution in [0, 0.1) is 5.92 Å². The number of amides is 1. The molecule has 1 saturated heterocycles. The number of imidazole rings is 1. The van der Waals surface area contributed by atoms with Gasteiger partial charge in [0.05, 0.1) is 24.2 Å². The van der Waals surface area contributed by atoms with Gasteiger partial charge in [-0.1, -0.05) is 41.9 Å². The maximum absolute atomic E-state index is 12.5. The number of halogens is 1. The smallest absolute Gasteiger partial charge is 0.410 e. The Balaban J connectivity index is 1.48. The van der Waals surface area contributed by atoms with Gasteiger partial charge in [-0.3, -0.25) is 4.57 Å². The first-order valence-corrected chi connectivity index (χ1v) is 11.5. The second kappa shape index (κ2) is 9.41. The number of likely N-dealkylation sites (tertiary alicyclic amines) is 1. The highest BCUT2D eigenvalue weighted by Crippen LogP contribution is 2.27. The van der Waals surface area contributed by atoms with Crippen LogP contribution in [0.25, 0.3) is 11.0 Å². The number of carbonyl (C=O) groups excluding carboxylic acids is 1. The molecule has 6 nitrogen and oxygen atoms in total. The van der Waals surface area contributed by atoms with Gasteiger partial charge >= 0.3 is 6.09 Å². The van der Waals surface area contributed by atoms with Crippen molar-refractivity contribution >= 4 is 28.7 Å². The van der Waals surface area contributed by atoms with E-state index in [0.29, 0.717) is 25.7 Å². The van der Waals surface area contributed by atoms with Crippen LogP contribution >= 0.6 is 11.6 Å². The standard InChI is InChI=1S/C25H30ClN3O3/c1-25(2,3)32-24(30)28-14-8-9-18(15-28)17-31-23-27-21-12-6-7-13-22(21)29(23)16-19-10-4-5-11-20(19)26/h4-7,10-13,18H,8-9,14-17H2,1-3H3. The molecule has 0 bridgehead atoms.